The number of carbonyl (C=O) groups excluding carboxylic acids is 1. The van der Waals surface area contributed by atoms with Crippen molar-refractivity contribution in [1.82, 2.24) is 9.21 Å². The van der Waals surface area contributed by atoms with Crippen molar-refractivity contribution in [2.45, 2.75) is 17.7 Å². The molecule has 2 rings (SSSR count). The number of sulfonamides is 1. The number of urea groups is 1. The molecule has 1 aromatic carbocycles. The van der Waals surface area contributed by atoms with Gasteiger partial charge in [0.05, 0.1) is 16.5 Å². The van der Waals surface area contributed by atoms with Crippen LogP contribution < -0.4 is 5.32 Å². The first-order chi connectivity index (χ1) is 11.6. The second-order valence-electron chi connectivity index (χ2n) is 5.98. The highest BCUT2D eigenvalue weighted by Gasteiger charge is 2.28. The number of likely N-dealkylation sites (tertiary alicyclic amines) is 1. The lowest BCUT2D eigenvalue weighted by Crippen LogP contribution is -2.44. The van der Waals surface area contributed by atoms with E-state index in [-0.39, 0.29) is 17.1 Å². The minimum atomic E-state index is -3.77. The molecule has 0 bridgehead atoms. The lowest BCUT2D eigenvalue weighted by atomic mass is 9.99. The quantitative estimate of drug-likeness (QED) is 0.830. The zero-order chi connectivity index (χ0) is 18.8. The van der Waals surface area contributed by atoms with Crippen LogP contribution in [0.2, 0.25) is 0 Å². The van der Waals surface area contributed by atoms with Gasteiger partial charge in [0.25, 0.3) is 0 Å². The summed E-state index contributed by atoms with van der Waals surface area (Å²) in [6.45, 7) is 0.380. The van der Waals surface area contributed by atoms with Crippen LogP contribution in [0, 0.1) is 11.7 Å². The largest absolute Gasteiger partial charge is 0.481 e. The third-order valence-electron chi connectivity index (χ3n) is 4.02. The summed E-state index contributed by atoms with van der Waals surface area (Å²) in [6, 6.07) is 2.45. The van der Waals surface area contributed by atoms with Crippen molar-refractivity contribution >= 4 is 27.7 Å². The molecule has 1 saturated heterocycles. The van der Waals surface area contributed by atoms with E-state index in [1.165, 1.54) is 19.0 Å². The molecular formula is C15H20FN3O5S. The fourth-order valence-electron chi connectivity index (χ4n) is 2.53. The Kier molecular flexibility index (Phi) is 5.63. The highest BCUT2D eigenvalue weighted by atomic mass is 32.2. The van der Waals surface area contributed by atoms with Crippen molar-refractivity contribution < 1.29 is 27.5 Å². The average molecular weight is 373 g/mol. The van der Waals surface area contributed by atoms with E-state index >= 15 is 0 Å². The number of halogens is 1. The third-order valence-corrected chi connectivity index (χ3v) is 5.83. The van der Waals surface area contributed by atoms with Crippen LogP contribution in [0.5, 0.6) is 0 Å². The first-order valence-corrected chi connectivity index (χ1v) is 9.07. The van der Waals surface area contributed by atoms with Crippen LogP contribution in [0.4, 0.5) is 14.9 Å². The summed E-state index contributed by atoms with van der Waals surface area (Å²) in [5, 5.41) is 11.4. The average Bonchev–Trinajstić information content (AvgIpc) is 2.56. The number of carboxylic acid groups (broad SMARTS) is 1. The number of aliphatic carboxylic acids is 1. The molecule has 0 aliphatic carbocycles. The summed E-state index contributed by atoms with van der Waals surface area (Å²) in [4.78, 5) is 24.5. The van der Waals surface area contributed by atoms with Crippen LogP contribution in [0.1, 0.15) is 12.8 Å². The van der Waals surface area contributed by atoms with Crippen LogP contribution in [0.3, 0.4) is 0 Å². The summed E-state index contributed by atoms with van der Waals surface area (Å²) in [6.07, 6.45) is 1.01. The number of hydrogen-bond donors (Lipinski definition) is 2. The van der Waals surface area contributed by atoms with Gasteiger partial charge >= 0.3 is 12.0 Å². The standard InChI is InChI=1S/C15H20FN3O5S/c1-18(2)25(23,24)11-5-6-12(16)13(8-11)17-15(22)19-7-3-4-10(9-19)14(20)21/h5-6,8,10H,3-4,7,9H2,1-2H3,(H,17,22)(H,20,21). The van der Waals surface area contributed by atoms with Gasteiger partial charge in [0.2, 0.25) is 10.0 Å². The van der Waals surface area contributed by atoms with Crippen LogP contribution in [-0.2, 0) is 14.8 Å². The van der Waals surface area contributed by atoms with E-state index in [1.54, 1.807) is 0 Å². The maximum atomic E-state index is 14.0. The Morgan fingerprint density at radius 2 is 2.04 bits per heavy atom. The fourth-order valence-corrected chi connectivity index (χ4v) is 3.46. The number of benzene rings is 1. The number of rotatable bonds is 4. The molecule has 25 heavy (non-hydrogen) atoms. The van der Waals surface area contributed by atoms with Gasteiger partial charge < -0.3 is 15.3 Å². The van der Waals surface area contributed by atoms with Gasteiger partial charge in [0.1, 0.15) is 5.82 Å². The molecule has 10 heteroatoms. The molecule has 1 unspecified atom stereocenters. The SMILES string of the molecule is CN(C)S(=O)(=O)c1ccc(F)c(NC(=O)N2CCCC(C(=O)O)C2)c1. The zero-order valence-corrected chi connectivity index (χ0v) is 14.7. The summed E-state index contributed by atoms with van der Waals surface area (Å²) in [7, 11) is -1.08. The molecule has 1 atom stereocenters. The van der Waals surface area contributed by atoms with Crippen LogP contribution in [0.15, 0.2) is 23.1 Å². The summed E-state index contributed by atoms with van der Waals surface area (Å²) < 4.78 is 39.2. The van der Waals surface area contributed by atoms with E-state index in [0.29, 0.717) is 19.4 Å². The molecule has 1 heterocycles. The molecule has 0 saturated carbocycles. The van der Waals surface area contributed by atoms with Gasteiger partial charge in [0.15, 0.2) is 0 Å². The molecule has 0 radical (unpaired) electrons. The number of anilines is 1. The van der Waals surface area contributed by atoms with Crippen LogP contribution in [0.25, 0.3) is 0 Å². The van der Waals surface area contributed by atoms with Crippen molar-refractivity contribution in [2.24, 2.45) is 5.92 Å². The number of carboxylic acids is 1. The Labute approximate surface area is 145 Å². The van der Waals surface area contributed by atoms with Gasteiger partial charge in [-0.2, -0.15) is 0 Å². The minimum Gasteiger partial charge on any atom is -0.481 e. The molecule has 1 aromatic rings. The highest BCUT2D eigenvalue weighted by molar-refractivity contribution is 7.89. The topological polar surface area (TPSA) is 107 Å². The first-order valence-electron chi connectivity index (χ1n) is 7.63. The fraction of sp³-hybridized carbons (Fsp3) is 0.467. The molecule has 2 amide bonds. The van der Waals surface area contributed by atoms with E-state index in [0.717, 1.165) is 22.5 Å². The predicted octanol–water partition coefficient (Wildman–Crippen LogP) is 1.40. The molecule has 138 valence electrons. The Bertz CT molecular complexity index is 781. The van der Waals surface area contributed by atoms with Gasteiger partial charge in [-0.05, 0) is 31.0 Å². The Morgan fingerprint density at radius 3 is 2.64 bits per heavy atom. The van der Waals surface area contributed by atoms with E-state index in [4.69, 9.17) is 5.11 Å². The Morgan fingerprint density at radius 1 is 1.36 bits per heavy atom. The minimum absolute atomic E-state index is 0.0263. The number of piperidine rings is 1. The number of nitrogens with one attached hydrogen (secondary N) is 1. The Hall–Kier alpha value is -2.20. The molecule has 1 fully saturated rings. The van der Waals surface area contributed by atoms with Crippen LogP contribution in [-0.4, -0.2) is 61.9 Å². The second kappa shape index (κ2) is 7.36. The molecular weight excluding hydrogens is 353 g/mol. The van der Waals surface area contributed by atoms with Crippen molar-refractivity contribution in [1.29, 1.82) is 0 Å². The van der Waals surface area contributed by atoms with Crippen molar-refractivity contribution in [3.63, 3.8) is 0 Å². The van der Waals surface area contributed by atoms with E-state index in [9.17, 15) is 22.4 Å². The smallest absolute Gasteiger partial charge is 0.321 e. The molecule has 0 spiro atoms. The number of nitrogens with zero attached hydrogens (tertiary/aromatic N) is 2. The van der Waals surface area contributed by atoms with Crippen LogP contribution >= 0.6 is 0 Å². The summed E-state index contributed by atoms with van der Waals surface area (Å²) in [5.41, 5.74) is -0.273. The number of amides is 2. The first kappa shape index (κ1) is 19.1. The molecule has 0 aromatic heterocycles. The van der Waals surface area contributed by atoms with E-state index < -0.39 is 33.8 Å². The zero-order valence-electron chi connectivity index (χ0n) is 13.9. The molecule has 2 N–H and O–H groups in total. The van der Waals surface area contributed by atoms with Crippen molar-refractivity contribution in [3.8, 4) is 0 Å². The number of hydrogen-bond acceptors (Lipinski definition) is 4. The normalized spacial score (nSPS) is 18.2. The van der Waals surface area contributed by atoms with E-state index in [1.807, 2.05) is 0 Å². The maximum absolute atomic E-state index is 14.0. The van der Waals surface area contributed by atoms with E-state index in [2.05, 4.69) is 5.32 Å². The third kappa shape index (κ3) is 4.26. The van der Waals surface area contributed by atoms with Crippen molar-refractivity contribution in [3.05, 3.63) is 24.0 Å². The highest BCUT2D eigenvalue weighted by Crippen LogP contribution is 2.23. The second-order valence-corrected chi connectivity index (χ2v) is 8.13. The number of carbonyl (C=O) groups is 2. The van der Waals surface area contributed by atoms with Gasteiger partial charge in [-0.1, -0.05) is 0 Å². The summed E-state index contributed by atoms with van der Waals surface area (Å²) in [5.74, 6) is -2.43. The predicted molar refractivity (Wildman–Crippen MR) is 88.2 cm³/mol. The van der Waals surface area contributed by atoms with Gasteiger partial charge in [-0.15, -0.1) is 0 Å². The molecule has 1 aliphatic rings. The van der Waals surface area contributed by atoms with Gasteiger partial charge in [0, 0.05) is 27.2 Å². The molecule has 1 aliphatic heterocycles. The maximum Gasteiger partial charge on any atom is 0.321 e. The lowest BCUT2D eigenvalue weighted by molar-refractivity contribution is -0.143. The monoisotopic (exact) mass is 373 g/mol. The Balaban J connectivity index is 2.19. The van der Waals surface area contributed by atoms with Crippen molar-refractivity contribution in [2.75, 3.05) is 32.5 Å². The van der Waals surface area contributed by atoms with Gasteiger partial charge in [-0.3, -0.25) is 4.79 Å². The summed E-state index contributed by atoms with van der Waals surface area (Å²) >= 11 is 0. The lowest BCUT2D eigenvalue weighted by Gasteiger charge is -2.30. The molecule has 8 nitrogen and oxygen atoms in total. The van der Waals surface area contributed by atoms with Gasteiger partial charge in [-0.25, -0.2) is 21.9 Å².